The summed E-state index contributed by atoms with van der Waals surface area (Å²) in [5.41, 5.74) is 1.23. The first kappa shape index (κ1) is 11.5. The van der Waals surface area contributed by atoms with Gasteiger partial charge in [-0.3, -0.25) is 0 Å². The zero-order valence-corrected chi connectivity index (χ0v) is 9.33. The van der Waals surface area contributed by atoms with Crippen LogP contribution in [0.2, 0.25) is 0 Å². The van der Waals surface area contributed by atoms with Crippen molar-refractivity contribution in [3.05, 3.63) is 35.9 Å². The summed E-state index contributed by atoms with van der Waals surface area (Å²) >= 11 is 5.69. The smallest absolute Gasteiger partial charge is 0.0716 e. The Kier molecular flexibility index (Phi) is 5.65. The molecule has 1 nitrogen and oxygen atoms in total. The Morgan fingerprint density at radius 1 is 1.29 bits per heavy atom. The maximum Gasteiger partial charge on any atom is 0.0716 e. The number of rotatable bonds is 6. The molecule has 1 aromatic carbocycles. The SMILES string of the molecule is CC(CCl)CCOCc1ccccc1. The summed E-state index contributed by atoms with van der Waals surface area (Å²) in [5.74, 6) is 1.27. The van der Waals surface area contributed by atoms with Gasteiger partial charge in [0.2, 0.25) is 0 Å². The van der Waals surface area contributed by atoms with E-state index in [-0.39, 0.29) is 0 Å². The predicted octanol–water partition coefficient (Wildman–Crippen LogP) is 3.47. The van der Waals surface area contributed by atoms with Crippen LogP contribution in [0.1, 0.15) is 18.9 Å². The lowest BCUT2D eigenvalue weighted by atomic mass is 10.1. The van der Waals surface area contributed by atoms with Gasteiger partial charge in [0.1, 0.15) is 0 Å². The van der Waals surface area contributed by atoms with Crippen molar-refractivity contribution in [3.63, 3.8) is 0 Å². The first-order chi connectivity index (χ1) is 6.83. The molecule has 0 aliphatic carbocycles. The minimum absolute atomic E-state index is 0.549. The van der Waals surface area contributed by atoms with E-state index in [1.165, 1.54) is 5.56 Å². The Morgan fingerprint density at radius 2 is 2.00 bits per heavy atom. The fraction of sp³-hybridized carbons (Fsp3) is 0.500. The molecule has 78 valence electrons. The molecule has 0 heterocycles. The fourth-order valence-electron chi connectivity index (χ4n) is 1.13. The van der Waals surface area contributed by atoms with Gasteiger partial charge in [0.15, 0.2) is 0 Å². The third kappa shape index (κ3) is 4.64. The Morgan fingerprint density at radius 3 is 2.64 bits per heavy atom. The summed E-state index contributed by atoms with van der Waals surface area (Å²) in [6.45, 7) is 3.64. The largest absolute Gasteiger partial charge is 0.377 e. The van der Waals surface area contributed by atoms with Gasteiger partial charge in [-0.05, 0) is 17.9 Å². The van der Waals surface area contributed by atoms with Crippen LogP contribution in [-0.4, -0.2) is 12.5 Å². The van der Waals surface area contributed by atoms with Crippen molar-refractivity contribution in [2.24, 2.45) is 5.92 Å². The molecule has 0 saturated heterocycles. The van der Waals surface area contributed by atoms with Gasteiger partial charge in [-0.1, -0.05) is 37.3 Å². The molecule has 0 amide bonds. The van der Waals surface area contributed by atoms with Crippen LogP contribution in [0.3, 0.4) is 0 Å². The van der Waals surface area contributed by atoms with Crippen molar-refractivity contribution in [2.45, 2.75) is 20.0 Å². The Bertz CT molecular complexity index is 235. The Hall–Kier alpha value is -0.530. The lowest BCUT2D eigenvalue weighted by Crippen LogP contribution is -2.03. The first-order valence-corrected chi connectivity index (χ1v) is 5.54. The highest BCUT2D eigenvalue weighted by Gasteiger charge is 1.99. The Balaban J connectivity index is 2.10. The number of benzene rings is 1. The van der Waals surface area contributed by atoms with E-state index < -0.39 is 0 Å². The van der Waals surface area contributed by atoms with Gasteiger partial charge in [0.25, 0.3) is 0 Å². The second-order valence-corrected chi connectivity index (χ2v) is 3.89. The third-order valence-corrected chi connectivity index (χ3v) is 2.66. The monoisotopic (exact) mass is 212 g/mol. The van der Waals surface area contributed by atoms with Crippen molar-refractivity contribution in [3.8, 4) is 0 Å². The van der Waals surface area contributed by atoms with Crippen molar-refractivity contribution >= 4 is 11.6 Å². The molecule has 1 atom stereocenters. The maximum absolute atomic E-state index is 5.69. The quantitative estimate of drug-likeness (QED) is 0.518. The van der Waals surface area contributed by atoms with Crippen LogP contribution in [0.15, 0.2) is 30.3 Å². The van der Waals surface area contributed by atoms with Gasteiger partial charge in [-0.2, -0.15) is 0 Å². The predicted molar refractivity (Wildman–Crippen MR) is 60.6 cm³/mol. The van der Waals surface area contributed by atoms with Gasteiger partial charge in [-0.25, -0.2) is 0 Å². The molecule has 14 heavy (non-hydrogen) atoms. The second kappa shape index (κ2) is 6.86. The van der Waals surface area contributed by atoms with E-state index in [0.29, 0.717) is 18.4 Å². The first-order valence-electron chi connectivity index (χ1n) is 5.00. The standard InChI is InChI=1S/C12H17ClO/c1-11(9-13)7-8-14-10-12-5-3-2-4-6-12/h2-6,11H,7-10H2,1H3. The lowest BCUT2D eigenvalue weighted by Gasteiger charge is -2.07. The van der Waals surface area contributed by atoms with E-state index >= 15 is 0 Å². The van der Waals surface area contributed by atoms with Crippen LogP contribution < -0.4 is 0 Å². The Labute approximate surface area is 91.0 Å². The van der Waals surface area contributed by atoms with Gasteiger partial charge in [-0.15, -0.1) is 11.6 Å². The molecule has 1 rings (SSSR count). The van der Waals surface area contributed by atoms with Crippen LogP contribution in [0.5, 0.6) is 0 Å². The molecule has 2 heteroatoms. The molecule has 1 unspecified atom stereocenters. The van der Waals surface area contributed by atoms with E-state index in [1.54, 1.807) is 0 Å². The fourth-order valence-corrected chi connectivity index (χ4v) is 1.28. The molecule has 0 aromatic heterocycles. The highest BCUT2D eigenvalue weighted by molar-refractivity contribution is 6.18. The topological polar surface area (TPSA) is 9.23 Å². The second-order valence-electron chi connectivity index (χ2n) is 3.59. The normalized spacial score (nSPS) is 12.7. The molecule has 0 fully saturated rings. The molecule has 0 radical (unpaired) electrons. The van der Waals surface area contributed by atoms with Crippen molar-refractivity contribution < 1.29 is 4.74 Å². The average Bonchev–Trinajstić information content (AvgIpc) is 2.25. The summed E-state index contributed by atoms with van der Waals surface area (Å²) in [7, 11) is 0. The number of ether oxygens (including phenoxy) is 1. The molecule has 0 N–H and O–H groups in total. The molecule has 0 aliphatic heterocycles. The van der Waals surface area contributed by atoms with E-state index in [2.05, 4.69) is 19.1 Å². The van der Waals surface area contributed by atoms with Crippen LogP contribution >= 0.6 is 11.6 Å². The highest BCUT2D eigenvalue weighted by atomic mass is 35.5. The van der Waals surface area contributed by atoms with Crippen molar-refractivity contribution in [2.75, 3.05) is 12.5 Å². The molecular weight excluding hydrogens is 196 g/mol. The van der Waals surface area contributed by atoms with Crippen molar-refractivity contribution in [1.82, 2.24) is 0 Å². The van der Waals surface area contributed by atoms with Crippen LogP contribution in [0.4, 0.5) is 0 Å². The summed E-state index contributed by atoms with van der Waals surface area (Å²) in [6, 6.07) is 10.2. The molecular formula is C12H17ClO. The van der Waals surface area contributed by atoms with E-state index in [0.717, 1.165) is 13.0 Å². The molecule has 0 aliphatic rings. The summed E-state index contributed by atoms with van der Waals surface area (Å²) in [6.07, 6.45) is 1.04. The van der Waals surface area contributed by atoms with E-state index in [9.17, 15) is 0 Å². The van der Waals surface area contributed by atoms with Crippen LogP contribution in [-0.2, 0) is 11.3 Å². The van der Waals surface area contributed by atoms with Crippen molar-refractivity contribution in [1.29, 1.82) is 0 Å². The molecule has 0 bridgehead atoms. The summed E-state index contributed by atoms with van der Waals surface area (Å²) in [5, 5.41) is 0. The van der Waals surface area contributed by atoms with E-state index in [4.69, 9.17) is 16.3 Å². The number of hydrogen-bond donors (Lipinski definition) is 0. The molecule has 1 aromatic rings. The summed E-state index contributed by atoms with van der Waals surface area (Å²) < 4.78 is 5.53. The number of hydrogen-bond acceptors (Lipinski definition) is 1. The van der Waals surface area contributed by atoms with Gasteiger partial charge >= 0.3 is 0 Å². The van der Waals surface area contributed by atoms with Crippen LogP contribution in [0.25, 0.3) is 0 Å². The maximum atomic E-state index is 5.69. The van der Waals surface area contributed by atoms with E-state index in [1.807, 2.05) is 18.2 Å². The molecule has 0 spiro atoms. The minimum atomic E-state index is 0.549. The van der Waals surface area contributed by atoms with Gasteiger partial charge in [0, 0.05) is 12.5 Å². The average molecular weight is 213 g/mol. The lowest BCUT2D eigenvalue weighted by molar-refractivity contribution is 0.111. The minimum Gasteiger partial charge on any atom is -0.377 e. The zero-order valence-electron chi connectivity index (χ0n) is 8.58. The highest BCUT2D eigenvalue weighted by Crippen LogP contribution is 2.06. The third-order valence-electron chi connectivity index (χ3n) is 2.13. The number of alkyl halides is 1. The zero-order chi connectivity index (χ0) is 10.2. The van der Waals surface area contributed by atoms with Gasteiger partial charge in [0.05, 0.1) is 6.61 Å². The summed E-state index contributed by atoms with van der Waals surface area (Å²) in [4.78, 5) is 0. The van der Waals surface area contributed by atoms with Gasteiger partial charge < -0.3 is 4.74 Å². The molecule has 0 saturated carbocycles. The van der Waals surface area contributed by atoms with Crippen LogP contribution in [0, 0.1) is 5.92 Å². The number of halogens is 1.